The largest absolute Gasteiger partial charge is 0.497 e. The maximum absolute atomic E-state index is 5.32. The number of benzene rings is 1. The Morgan fingerprint density at radius 3 is 3.04 bits per heavy atom. The van der Waals surface area contributed by atoms with Crippen LogP contribution in [0.2, 0.25) is 0 Å². The molecule has 0 saturated heterocycles. The standard InChI is InChI=1S/C19H23N5O/c1-14(12-24-9-4-8-20-24)23-10-7-17-18(13-23)22-19(21-17)15-5-3-6-16(11-15)25-2/h3-6,8-9,11,14H,7,10,12-13H2,1-2H3,(H,21,22). The highest BCUT2D eigenvalue weighted by molar-refractivity contribution is 5.58. The molecule has 0 bridgehead atoms. The summed E-state index contributed by atoms with van der Waals surface area (Å²) in [6.45, 7) is 5.08. The molecule has 130 valence electrons. The van der Waals surface area contributed by atoms with E-state index in [2.05, 4.69) is 28.0 Å². The minimum atomic E-state index is 0.427. The molecule has 0 radical (unpaired) electrons. The number of fused-ring (bicyclic) bond motifs is 1. The van der Waals surface area contributed by atoms with Crippen molar-refractivity contribution in [1.29, 1.82) is 0 Å². The third-order valence-electron chi connectivity index (χ3n) is 4.84. The topological polar surface area (TPSA) is 59.0 Å². The lowest BCUT2D eigenvalue weighted by Gasteiger charge is -2.31. The Kier molecular flexibility index (Phi) is 4.28. The highest BCUT2D eigenvalue weighted by atomic mass is 16.5. The molecule has 25 heavy (non-hydrogen) atoms. The lowest BCUT2D eigenvalue weighted by Crippen LogP contribution is -2.40. The second-order valence-electron chi connectivity index (χ2n) is 6.54. The van der Waals surface area contributed by atoms with E-state index in [1.54, 1.807) is 7.11 Å². The molecule has 6 heteroatoms. The van der Waals surface area contributed by atoms with Crippen LogP contribution in [0, 0.1) is 0 Å². The van der Waals surface area contributed by atoms with Gasteiger partial charge >= 0.3 is 0 Å². The second-order valence-corrected chi connectivity index (χ2v) is 6.54. The van der Waals surface area contributed by atoms with Gasteiger partial charge in [0.2, 0.25) is 0 Å². The molecule has 0 saturated carbocycles. The molecule has 1 atom stereocenters. The molecule has 0 amide bonds. The number of hydrogen-bond donors (Lipinski definition) is 1. The third-order valence-corrected chi connectivity index (χ3v) is 4.84. The van der Waals surface area contributed by atoms with Crippen LogP contribution in [0.5, 0.6) is 5.75 Å². The van der Waals surface area contributed by atoms with Crippen molar-refractivity contribution in [1.82, 2.24) is 24.6 Å². The first-order valence-corrected chi connectivity index (χ1v) is 8.66. The first-order valence-electron chi connectivity index (χ1n) is 8.66. The Morgan fingerprint density at radius 1 is 1.32 bits per heavy atom. The number of nitrogens with zero attached hydrogens (tertiary/aromatic N) is 4. The van der Waals surface area contributed by atoms with E-state index in [4.69, 9.17) is 9.72 Å². The highest BCUT2D eigenvalue weighted by Gasteiger charge is 2.24. The van der Waals surface area contributed by atoms with Gasteiger partial charge in [0.15, 0.2) is 0 Å². The van der Waals surface area contributed by atoms with E-state index < -0.39 is 0 Å². The molecule has 1 unspecified atom stereocenters. The average molecular weight is 337 g/mol. The number of hydrogen-bond acceptors (Lipinski definition) is 4. The minimum Gasteiger partial charge on any atom is -0.497 e. The van der Waals surface area contributed by atoms with Crippen molar-refractivity contribution in [2.45, 2.75) is 32.5 Å². The Labute approximate surface area is 147 Å². The number of rotatable bonds is 5. The molecule has 1 N–H and O–H groups in total. The zero-order valence-electron chi connectivity index (χ0n) is 14.6. The molecule has 4 rings (SSSR count). The van der Waals surface area contributed by atoms with Gasteiger partial charge in [-0.05, 0) is 25.1 Å². The Morgan fingerprint density at radius 2 is 2.24 bits per heavy atom. The highest BCUT2D eigenvalue weighted by Crippen LogP contribution is 2.26. The molecular formula is C19H23N5O. The predicted octanol–water partition coefficient (Wildman–Crippen LogP) is 2.73. The van der Waals surface area contributed by atoms with Gasteiger partial charge in [0.05, 0.1) is 25.0 Å². The smallest absolute Gasteiger partial charge is 0.137 e. The van der Waals surface area contributed by atoms with Gasteiger partial charge in [-0.15, -0.1) is 0 Å². The van der Waals surface area contributed by atoms with Gasteiger partial charge in [-0.3, -0.25) is 9.58 Å². The average Bonchev–Trinajstić information content (AvgIpc) is 3.30. The summed E-state index contributed by atoms with van der Waals surface area (Å²) >= 11 is 0. The van der Waals surface area contributed by atoms with Gasteiger partial charge in [-0.25, -0.2) is 4.98 Å². The summed E-state index contributed by atoms with van der Waals surface area (Å²) in [6, 6.07) is 10.4. The maximum Gasteiger partial charge on any atom is 0.137 e. The molecular weight excluding hydrogens is 314 g/mol. The van der Waals surface area contributed by atoms with Gasteiger partial charge in [0.1, 0.15) is 11.6 Å². The van der Waals surface area contributed by atoms with Crippen LogP contribution < -0.4 is 4.74 Å². The molecule has 3 heterocycles. The number of aromatic nitrogens is 4. The second kappa shape index (κ2) is 6.72. The number of H-pyrrole nitrogens is 1. The summed E-state index contributed by atoms with van der Waals surface area (Å²) in [6.07, 6.45) is 4.82. The Bertz CT molecular complexity index is 839. The van der Waals surface area contributed by atoms with E-state index in [9.17, 15) is 0 Å². The fourth-order valence-electron chi connectivity index (χ4n) is 3.39. The van der Waals surface area contributed by atoms with Crippen molar-refractivity contribution < 1.29 is 4.74 Å². The zero-order chi connectivity index (χ0) is 17.2. The van der Waals surface area contributed by atoms with E-state index in [-0.39, 0.29) is 0 Å². The van der Waals surface area contributed by atoms with Crippen LogP contribution in [0.15, 0.2) is 42.7 Å². The van der Waals surface area contributed by atoms with Gasteiger partial charge in [-0.2, -0.15) is 5.10 Å². The molecule has 6 nitrogen and oxygen atoms in total. The number of ether oxygens (including phenoxy) is 1. The van der Waals surface area contributed by atoms with Crippen molar-refractivity contribution in [3.05, 3.63) is 54.1 Å². The summed E-state index contributed by atoms with van der Waals surface area (Å²) < 4.78 is 7.31. The molecule has 1 aromatic carbocycles. The van der Waals surface area contributed by atoms with Crippen molar-refractivity contribution >= 4 is 0 Å². The van der Waals surface area contributed by atoms with Crippen LogP contribution in [0.4, 0.5) is 0 Å². The minimum absolute atomic E-state index is 0.427. The summed E-state index contributed by atoms with van der Waals surface area (Å²) in [4.78, 5) is 10.8. The molecule has 0 aliphatic carbocycles. The van der Waals surface area contributed by atoms with Crippen LogP contribution in [0.3, 0.4) is 0 Å². The van der Waals surface area contributed by atoms with Crippen molar-refractivity contribution in [2.24, 2.45) is 0 Å². The van der Waals surface area contributed by atoms with Crippen LogP contribution in [0.25, 0.3) is 11.4 Å². The van der Waals surface area contributed by atoms with Crippen LogP contribution >= 0.6 is 0 Å². The fourth-order valence-corrected chi connectivity index (χ4v) is 3.39. The zero-order valence-corrected chi connectivity index (χ0v) is 14.6. The van der Waals surface area contributed by atoms with E-state index in [0.29, 0.717) is 6.04 Å². The lowest BCUT2D eigenvalue weighted by molar-refractivity contribution is 0.168. The summed E-state index contributed by atoms with van der Waals surface area (Å²) in [5.41, 5.74) is 3.46. The van der Waals surface area contributed by atoms with Gasteiger partial charge in [0.25, 0.3) is 0 Å². The third kappa shape index (κ3) is 3.30. The van der Waals surface area contributed by atoms with Gasteiger partial charge in [0, 0.05) is 43.5 Å². The molecule has 0 spiro atoms. The van der Waals surface area contributed by atoms with Crippen molar-refractivity contribution in [2.75, 3.05) is 13.7 Å². The van der Waals surface area contributed by atoms with Gasteiger partial charge < -0.3 is 9.72 Å². The molecule has 2 aromatic heterocycles. The van der Waals surface area contributed by atoms with Crippen molar-refractivity contribution in [3.63, 3.8) is 0 Å². The summed E-state index contributed by atoms with van der Waals surface area (Å²) in [5.74, 6) is 1.77. The fraction of sp³-hybridized carbons (Fsp3) is 0.368. The summed E-state index contributed by atoms with van der Waals surface area (Å²) in [5, 5.41) is 4.31. The van der Waals surface area contributed by atoms with E-state index in [1.165, 1.54) is 11.4 Å². The Hall–Kier alpha value is -2.60. The van der Waals surface area contributed by atoms with Gasteiger partial charge in [-0.1, -0.05) is 12.1 Å². The monoisotopic (exact) mass is 337 g/mol. The summed E-state index contributed by atoms with van der Waals surface area (Å²) in [7, 11) is 1.69. The lowest BCUT2D eigenvalue weighted by atomic mass is 10.1. The van der Waals surface area contributed by atoms with E-state index >= 15 is 0 Å². The van der Waals surface area contributed by atoms with E-state index in [0.717, 1.165) is 43.2 Å². The Balaban J connectivity index is 1.50. The van der Waals surface area contributed by atoms with Crippen LogP contribution in [-0.4, -0.2) is 44.3 Å². The van der Waals surface area contributed by atoms with Crippen molar-refractivity contribution in [3.8, 4) is 17.1 Å². The molecule has 0 fully saturated rings. The number of methoxy groups -OCH3 is 1. The van der Waals surface area contributed by atoms with Crippen LogP contribution in [-0.2, 0) is 19.5 Å². The molecule has 1 aliphatic rings. The van der Waals surface area contributed by atoms with E-state index in [1.807, 2.05) is 41.3 Å². The first kappa shape index (κ1) is 15.9. The predicted molar refractivity (Wildman–Crippen MR) is 96.4 cm³/mol. The maximum atomic E-state index is 5.32. The molecule has 3 aromatic rings. The van der Waals surface area contributed by atoms with Crippen LogP contribution in [0.1, 0.15) is 18.3 Å². The SMILES string of the molecule is COc1cccc(-c2nc3c([nH]2)CN(C(C)Cn2cccn2)CC3)c1. The first-order chi connectivity index (χ1) is 12.2. The molecule has 1 aliphatic heterocycles. The normalized spacial score (nSPS) is 15.8. The number of imidazole rings is 1. The quantitative estimate of drug-likeness (QED) is 0.778. The number of aromatic amines is 1. The number of nitrogens with one attached hydrogen (secondary N) is 1.